The molecular formula is C14H19N3O. The van der Waals surface area contributed by atoms with Crippen LogP contribution < -0.4 is 5.32 Å². The summed E-state index contributed by atoms with van der Waals surface area (Å²) in [4.78, 5) is 4.28. The summed E-state index contributed by atoms with van der Waals surface area (Å²) in [6.07, 6.45) is 1.91. The van der Waals surface area contributed by atoms with Crippen LogP contribution in [0.4, 0.5) is 0 Å². The Morgan fingerprint density at radius 2 is 2.06 bits per heavy atom. The van der Waals surface area contributed by atoms with Crippen LogP contribution in [0, 0.1) is 20.8 Å². The van der Waals surface area contributed by atoms with Crippen molar-refractivity contribution in [2.45, 2.75) is 40.3 Å². The molecule has 4 heteroatoms. The Morgan fingerprint density at radius 3 is 2.61 bits per heavy atom. The van der Waals surface area contributed by atoms with Crippen LogP contribution in [0.3, 0.4) is 0 Å². The highest BCUT2D eigenvalue weighted by atomic mass is 16.5. The van der Waals surface area contributed by atoms with E-state index in [0.29, 0.717) is 0 Å². The van der Waals surface area contributed by atoms with Gasteiger partial charge in [-0.2, -0.15) is 0 Å². The predicted octanol–water partition coefficient (Wildman–Crippen LogP) is 2.85. The number of nitrogens with zero attached hydrogens (tertiary/aromatic N) is 2. The van der Waals surface area contributed by atoms with Gasteiger partial charge in [0.25, 0.3) is 0 Å². The summed E-state index contributed by atoms with van der Waals surface area (Å²) >= 11 is 0. The highest BCUT2D eigenvalue weighted by Crippen LogP contribution is 2.21. The first-order valence-corrected chi connectivity index (χ1v) is 6.15. The van der Waals surface area contributed by atoms with E-state index in [1.54, 1.807) is 0 Å². The first kappa shape index (κ1) is 12.8. The van der Waals surface area contributed by atoms with Crippen molar-refractivity contribution in [1.82, 2.24) is 15.5 Å². The van der Waals surface area contributed by atoms with E-state index >= 15 is 0 Å². The fourth-order valence-electron chi connectivity index (χ4n) is 2.08. The number of nitrogens with one attached hydrogen (secondary N) is 1. The standard InChI is InChI=1S/C14H19N3O/c1-9-5-6-13(7-15-9)8-16-10(2)14-11(3)17-18-12(14)4/h5-7,10,16H,8H2,1-4H3. The Labute approximate surface area is 107 Å². The first-order chi connectivity index (χ1) is 8.58. The fourth-order valence-corrected chi connectivity index (χ4v) is 2.08. The first-order valence-electron chi connectivity index (χ1n) is 6.15. The maximum Gasteiger partial charge on any atom is 0.138 e. The van der Waals surface area contributed by atoms with E-state index in [0.717, 1.165) is 29.3 Å². The lowest BCUT2D eigenvalue weighted by molar-refractivity contribution is 0.390. The van der Waals surface area contributed by atoms with Crippen molar-refractivity contribution in [3.05, 3.63) is 46.6 Å². The maximum atomic E-state index is 5.18. The molecule has 2 rings (SSSR count). The molecule has 2 heterocycles. The monoisotopic (exact) mass is 245 g/mol. The Hall–Kier alpha value is -1.68. The van der Waals surface area contributed by atoms with Gasteiger partial charge in [0, 0.05) is 30.0 Å². The van der Waals surface area contributed by atoms with Crippen LogP contribution in [0.2, 0.25) is 0 Å². The molecule has 2 aromatic heterocycles. The fraction of sp³-hybridized carbons (Fsp3) is 0.429. The van der Waals surface area contributed by atoms with E-state index in [9.17, 15) is 0 Å². The van der Waals surface area contributed by atoms with Crippen molar-refractivity contribution >= 4 is 0 Å². The zero-order valence-corrected chi connectivity index (χ0v) is 11.3. The summed E-state index contributed by atoms with van der Waals surface area (Å²) in [6.45, 7) is 8.81. The molecule has 0 aliphatic heterocycles. The minimum atomic E-state index is 0.220. The van der Waals surface area contributed by atoms with Gasteiger partial charge >= 0.3 is 0 Å². The van der Waals surface area contributed by atoms with Crippen LogP contribution in [0.5, 0.6) is 0 Å². The number of aryl methyl sites for hydroxylation is 3. The molecule has 1 unspecified atom stereocenters. The maximum absolute atomic E-state index is 5.18. The van der Waals surface area contributed by atoms with Gasteiger partial charge in [-0.3, -0.25) is 4.98 Å². The second-order valence-electron chi connectivity index (χ2n) is 4.65. The molecule has 0 aliphatic rings. The highest BCUT2D eigenvalue weighted by molar-refractivity contribution is 5.24. The van der Waals surface area contributed by atoms with Crippen LogP contribution in [-0.4, -0.2) is 10.1 Å². The lowest BCUT2D eigenvalue weighted by atomic mass is 10.1. The number of rotatable bonds is 4. The van der Waals surface area contributed by atoms with Crippen molar-refractivity contribution in [1.29, 1.82) is 0 Å². The summed E-state index contributed by atoms with van der Waals surface area (Å²) in [5.74, 6) is 0.884. The molecule has 0 radical (unpaired) electrons. The molecule has 0 saturated carbocycles. The summed E-state index contributed by atoms with van der Waals surface area (Å²) in [5.41, 5.74) is 4.32. The zero-order chi connectivity index (χ0) is 13.1. The lowest BCUT2D eigenvalue weighted by Crippen LogP contribution is -2.19. The van der Waals surface area contributed by atoms with Gasteiger partial charge in [0.15, 0.2) is 0 Å². The molecule has 4 nitrogen and oxygen atoms in total. The minimum absolute atomic E-state index is 0.220. The third kappa shape index (κ3) is 2.76. The van der Waals surface area contributed by atoms with Crippen molar-refractivity contribution in [3.8, 4) is 0 Å². The number of pyridine rings is 1. The summed E-state index contributed by atoms with van der Waals surface area (Å²) in [6, 6.07) is 4.34. The Kier molecular flexibility index (Phi) is 3.77. The molecule has 18 heavy (non-hydrogen) atoms. The molecule has 0 amide bonds. The van der Waals surface area contributed by atoms with Gasteiger partial charge in [0.1, 0.15) is 5.76 Å². The summed E-state index contributed by atoms with van der Waals surface area (Å²) in [5, 5.41) is 7.44. The lowest BCUT2D eigenvalue weighted by Gasteiger charge is -2.13. The third-order valence-corrected chi connectivity index (χ3v) is 3.11. The molecule has 0 aromatic carbocycles. The van der Waals surface area contributed by atoms with Crippen molar-refractivity contribution in [3.63, 3.8) is 0 Å². The van der Waals surface area contributed by atoms with E-state index < -0.39 is 0 Å². The van der Waals surface area contributed by atoms with Gasteiger partial charge in [-0.05, 0) is 39.3 Å². The Morgan fingerprint density at radius 1 is 1.28 bits per heavy atom. The predicted molar refractivity (Wildman–Crippen MR) is 70.2 cm³/mol. The summed E-state index contributed by atoms with van der Waals surface area (Å²) < 4.78 is 5.18. The third-order valence-electron chi connectivity index (χ3n) is 3.11. The number of hydrogen-bond donors (Lipinski definition) is 1. The Bertz CT molecular complexity index is 497. The van der Waals surface area contributed by atoms with E-state index in [1.165, 1.54) is 5.56 Å². The van der Waals surface area contributed by atoms with E-state index in [2.05, 4.69) is 28.4 Å². The molecule has 0 aliphatic carbocycles. The van der Waals surface area contributed by atoms with Crippen molar-refractivity contribution in [2.24, 2.45) is 0 Å². The molecule has 96 valence electrons. The number of hydrogen-bond acceptors (Lipinski definition) is 4. The van der Waals surface area contributed by atoms with Crippen LogP contribution >= 0.6 is 0 Å². The van der Waals surface area contributed by atoms with Gasteiger partial charge in [-0.15, -0.1) is 0 Å². The summed E-state index contributed by atoms with van der Waals surface area (Å²) in [7, 11) is 0. The second kappa shape index (κ2) is 5.31. The second-order valence-corrected chi connectivity index (χ2v) is 4.65. The van der Waals surface area contributed by atoms with Gasteiger partial charge in [0.05, 0.1) is 5.69 Å². The van der Waals surface area contributed by atoms with Crippen molar-refractivity contribution in [2.75, 3.05) is 0 Å². The largest absolute Gasteiger partial charge is 0.361 e. The van der Waals surface area contributed by atoms with Gasteiger partial charge < -0.3 is 9.84 Å². The highest BCUT2D eigenvalue weighted by Gasteiger charge is 2.15. The average Bonchev–Trinajstić information content (AvgIpc) is 2.68. The molecule has 1 N–H and O–H groups in total. The molecule has 0 spiro atoms. The molecule has 0 fully saturated rings. The number of aromatic nitrogens is 2. The quantitative estimate of drug-likeness (QED) is 0.900. The van der Waals surface area contributed by atoms with Crippen LogP contribution in [0.1, 0.15) is 41.2 Å². The molecule has 0 bridgehead atoms. The molecular weight excluding hydrogens is 226 g/mol. The van der Waals surface area contributed by atoms with Crippen molar-refractivity contribution < 1.29 is 4.52 Å². The minimum Gasteiger partial charge on any atom is -0.361 e. The Balaban J connectivity index is 2.00. The van der Waals surface area contributed by atoms with Gasteiger partial charge in [-0.1, -0.05) is 11.2 Å². The van der Waals surface area contributed by atoms with Crippen LogP contribution in [0.25, 0.3) is 0 Å². The van der Waals surface area contributed by atoms with Gasteiger partial charge in [0.2, 0.25) is 0 Å². The average molecular weight is 245 g/mol. The molecule has 0 saturated heterocycles. The topological polar surface area (TPSA) is 51.0 Å². The normalized spacial score (nSPS) is 12.7. The van der Waals surface area contributed by atoms with Gasteiger partial charge in [-0.25, -0.2) is 0 Å². The molecule has 1 atom stereocenters. The van der Waals surface area contributed by atoms with E-state index in [-0.39, 0.29) is 6.04 Å². The molecule has 2 aromatic rings. The van der Waals surface area contributed by atoms with Crippen LogP contribution in [-0.2, 0) is 6.54 Å². The zero-order valence-electron chi connectivity index (χ0n) is 11.3. The SMILES string of the molecule is Cc1ccc(CNC(C)c2c(C)noc2C)cn1. The van der Waals surface area contributed by atoms with E-state index in [4.69, 9.17) is 4.52 Å². The smallest absolute Gasteiger partial charge is 0.138 e. The van der Waals surface area contributed by atoms with Crippen LogP contribution in [0.15, 0.2) is 22.9 Å². The van der Waals surface area contributed by atoms with E-state index in [1.807, 2.05) is 33.0 Å².